The molecule has 14 nitrogen and oxygen atoms in total. The molecule has 0 amide bonds. The molecule has 3 aliphatic rings. The molecule has 6 aromatic rings. The first kappa shape index (κ1) is 64.2. The number of aromatic nitrogens is 4. The van der Waals surface area contributed by atoms with E-state index in [2.05, 4.69) is 106 Å². The third-order valence-corrected chi connectivity index (χ3v) is 11.5. The average Bonchev–Trinajstić information content (AvgIpc) is 3.92. The average molecular weight is 1030 g/mol. The van der Waals surface area contributed by atoms with Gasteiger partial charge in [-0.2, -0.15) is 0 Å². The van der Waals surface area contributed by atoms with Crippen LogP contribution in [0.1, 0.15) is 70.9 Å². The minimum absolute atomic E-state index is 0. The van der Waals surface area contributed by atoms with Crippen molar-refractivity contribution >= 4 is 42.2 Å². The van der Waals surface area contributed by atoms with Gasteiger partial charge in [0, 0.05) is 49.9 Å². The van der Waals surface area contributed by atoms with Crippen molar-refractivity contribution in [3.8, 4) is 130 Å². The molecule has 7 heterocycles. The summed E-state index contributed by atoms with van der Waals surface area (Å²) in [6.45, 7) is 1.16. The molecule has 17 heteroatoms. The SMILES string of the molecule is C.C.C#CC#CC#CC#CC#CC#CC#CC#CC#CC[C@@]1(O)C(=O)OCc2c1cc1n(c2=O)Cc2cc3ccccc3nc2-1.CC[C@@](O)(C(=O)[O-])c1cc2n(c(=O)c1CO)Cc1cc3ccccc3nc1-2.[2HH].[B].[HH].[Na+].[Na+].[OH-]. The van der Waals surface area contributed by atoms with Crippen molar-refractivity contribution in [2.45, 2.75) is 72.1 Å². The van der Waals surface area contributed by atoms with Crippen LogP contribution in [0.2, 0.25) is 0 Å². The van der Waals surface area contributed by atoms with Crippen molar-refractivity contribution in [1.29, 1.82) is 0 Å². The minimum Gasteiger partial charge on any atom is -0.870 e. The van der Waals surface area contributed by atoms with Gasteiger partial charge in [0.05, 0.1) is 71.5 Å². The van der Waals surface area contributed by atoms with E-state index in [0.717, 1.165) is 32.9 Å². The number of para-hydroxylation sites is 2. The number of cyclic esters (lactones) is 1. The first-order valence-electron chi connectivity index (χ1n) is 21.1. The molecule has 3 radical (unpaired) electrons. The fourth-order valence-electron chi connectivity index (χ4n) is 8.10. The molecule has 0 saturated carbocycles. The van der Waals surface area contributed by atoms with Crippen molar-refractivity contribution in [3.63, 3.8) is 0 Å². The summed E-state index contributed by atoms with van der Waals surface area (Å²) in [6.07, 6.45) is 4.42. The Kier molecular flexibility index (Phi) is 23.7. The predicted molar refractivity (Wildman–Crippen MR) is 281 cm³/mol. The van der Waals surface area contributed by atoms with Gasteiger partial charge >= 0.3 is 65.1 Å². The topological polar surface area (TPSA) is 227 Å². The van der Waals surface area contributed by atoms with Crippen LogP contribution in [0.4, 0.5) is 0 Å². The molecule has 4 N–H and O–H groups in total. The van der Waals surface area contributed by atoms with E-state index < -0.39 is 35.3 Å². The third kappa shape index (κ3) is 12.7. The summed E-state index contributed by atoms with van der Waals surface area (Å²) in [7, 11) is 0. The number of esters is 1. The van der Waals surface area contributed by atoms with Crippen molar-refractivity contribution in [1.82, 2.24) is 19.1 Å². The maximum absolute atomic E-state index is 13.4. The Morgan fingerprint density at radius 2 is 1.21 bits per heavy atom. The molecule has 0 aliphatic carbocycles. The molecule has 76 heavy (non-hydrogen) atoms. The number of nitrogens with zero attached hydrogens (tertiary/aromatic N) is 4. The third-order valence-electron chi connectivity index (χ3n) is 11.5. The summed E-state index contributed by atoms with van der Waals surface area (Å²) in [5, 5.41) is 45.2. The van der Waals surface area contributed by atoms with Crippen molar-refractivity contribution in [3.05, 3.63) is 127 Å². The summed E-state index contributed by atoms with van der Waals surface area (Å²) >= 11 is 0. The Morgan fingerprint density at radius 1 is 0.763 bits per heavy atom. The molecule has 9 rings (SSSR count). The Morgan fingerprint density at radius 3 is 1.67 bits per heavy atom. The van der Waals surface area contributed by atoms with Crippen molar-refractivity contribution < 1.29 is 102 Å². The van der Waals surface area contributed by atoms with Gasteiger partial charge in [0.1, 0.15) is 12.2 Å². The number of carboxylic acid groups (broad SMARTS) is 1. The van der Waals surface area contributed by atoms with E-state index in [1.807, 2.05) is 60.7 Å². The Labute approximate surface area is 488 Å². The van der Waals surface area contributed by atoms with Gasteiger partial charge in [-0.1, -0.05) is 64.1 Å². The molecule has 0 unspecified atom stereocenters. The number of carboxylic acids is 1. The van der Waals surface area contributed by atoms with E-state index in [-0.39, 0.29) is 145 Å². The Bertz CT molecular complexity index is 4040. The fourth-order valence-corrected chi connectivity index (χ4v) is 8.10. The number of pyridine rings is 4. The molecule has 2 atom stereocenters. The van der Waals surface area contributed by atoms with E-state index in [0.29, 0.717) is 29.3 Å². The minimum atomic E-state index is -2.37. The number of fused-ring (bicyclic) bond motifs is 9. The number of aliphatic hydroxyl groups is 3. The zero-order valence-corrected chi connectivity index (χ0v) is 43.9. The predicted octanol–water partition coefficient (Wildman–Crippen LogP) is -2.80. The largest absolute Gasteiger partial charge is 1.00 e. The molecular weight excluding hydrogens is 981 g/mol. The zero-order chi connectivity index (χ0) is 49.4. The number of ether oxygens (including phenoxy) is 1. The number of hydrogen-bond acceptors (Lipinski definition) is 12. The van der Waals surface area contributed by atoms with Crippen LogP contribution in [0.3, 0.4) is 0 Å². The van der Waals surface area contributed by atoms with Crippen LogP contribution in [-0.2, 0) is 51.8 Å². The molecule has 0 fully saturated rings. The Hall–Kier alpha value is -7.96. The van der Waals surface area contributed by atoms with Gasteiger partial charge in [0.2, 0.25) is 0 Å². The second-order valence-corrected chi connectivity index (χ2v) is 15.5. The normalized spacial score (nSPS) is 13.1. The van der Waals surface area contributed by atoms with Crippen LogP contribution in [-0.4, -0.2) is 60.2 Å². The van der Waals surface area contributed by atoms with E-state index in [1.54, 1.807) is 10.6 Å². The van der Waals surface area contributed by atoms with Crippen LogP contribution in [0.15, 0.2) is 82.4 Å². The summed E-state index contributed by atoms with van der Waals surface area (Å²) in [6, 6.07) is 22.2. The van der Waals surface area contributed by atoms with E-state index in [9.17, 15) is 39.6 Å². The number of benzene rings is 2. The number of hydrogen-bond donors (Lipinski definition) is 3. The zero-order valence-electron chi connectivity index (χ0n) is 39.9. The van der Waals surface area contributed by atoms with Crippen LogP contribution in [0.5, 0.6) is 0 Å². The monoisotopic (exact) mass is 1030 g/mol. The fraction of sp³-hybridized carbons (Fsp3) is 0.186. The molecule has 0 saturated heterocycles. The van der Waals surface area contributed by atoms with Gasteiger partial charge in [0.15, 0.2) is 5.60 Å². The number of terminal acetylenes is 1. The van der Waals surface area contributed by atoms with Crippen molar-refractivity contribution in [2.24, 2.45) is 0 Å². The molecule has 0 bridgehead atoms. The van der Waals surface area contributed by atoms with Gasteiger partial charge in [-0.3, -0.25) is 9.59 Å². The molecule has 0 spiro atoms. The maximum Gasteiger partial charge on any atom is 1.00 e. The van der Waals surface area contributed by atoms with Crippen LogP contribution in [0, 0.1) is 107 Å². The number of aliphatic hydroxyl groups excluding tert-OH is 1. The first-order valence-corrected chi connectivity index (χ1v) is 21.1. The number of aliphatic carboxylic acids is 1. The molecule has 365 valence electrons. The second-order valence-electron chi connectivity index (χ2n) is 15.5. The van der Waals surface area contributed by atoms with E-state index in [1.165, 1.54) is 17.6 Å². The quantitative estimate of drug-likeness (QED) is 0.0904. The van der Waals surface area contributed by atoms with Gasteiger partial charge < -0.3 is 44.6 Å². The molecule has 4 aromatic heterocycles. The molecule has 3 aliphatic heterocycles. The van der Waals surface area contributed by atoms with Crippen LogP contribution >= 0.6 is 0 Å². The smallest absolute Gasteiger partial charge is 0.870 e. The van der Waals surface area contributed by atoms with Crippen molar-refractivity contribution in [2.75, 3.05) is 0 Å². The maximum atomic E-state index is 13.4. The summed E-state index contributed by atoms with van der Waals surface area (Å²) in [5.41, 5.74) is 0.0362. The molecule has 2 aromatic carbocycles. The van der Waals surface area contributed by atoms with Gasteiger partial charge in [-0.05, 0) is 138 Å². The first-order chi connectivity index (χ1) is 33.9. The summed E-state index contributed by atoms with van der Waals surface area (Å²) in [4.78, 5) is 60.0. The van der Waals surface area contributed by atoms with Crippen LogP contribution in [0.25, 0.3) is 44.6 Å². The van der Waals surface area contributed by atoms with Gasteiger partial charge in [0.25, 0.3) is 11.1 Å². The van der Waals surface area contributed by atoms with Gasteiger partial charge in [-0.15, -0.1) is 6.42 Å². The van der Waals surface area contributed by atoms with Crippen LogP contribution < -0.4 is 75.3 Å². The number of carbonyl (C=O) groups excluding carboxylic acids is 2. The summed E-state index contributed by atoms with van der Waals surface area (Å²) in [5.74, 6) is 39.3. The number of rotatable bonds is 5. The molecular formula is C59H44BN4Na2O10. The van der Waals surface area contributed by atoms with E-state index >= 15 is 0 Å². The summed E-state index contributed by atoms with van der Waals surface area (Å²) < 4.78 is 8.21. The second kappa shape index (κ2) is 28.1. The number of carbonyl (C=O) groups is 2. The van der Waals surface area contributed by atoms with Gasteiger partial charge in [-0.25, -0.2) is 14.8 Å². The van der Waals surface area contributed by atoms with E-state index in [4.69, 9.17) is 16.1 Å². The standard InChI is InChI=1S/C37H14N2O4.C20H18N2O5.2CH4.B.2Na.H2O.2H2/c1-2-3-4-5-6-7-8-9-10-11-12-13-14-15-16-17-20-23-37(42)31-25-33-34-29(24-28-21-18-19-22-32(28)38-34)26-39(33)35(40)30(31)27-43-36(37)41;1-2-20(27,19(25)26)14-8-16-17-12(9-22(16)18(24)13(14)10-23)7-11-5-3-4-6-15(11)21-17;;;;;;;;/h1,18-19,21-22,24-25,42H,23,26-27H2;3-8,23,27H,2,9-10H2,1H3,(H,25,26);2*1H4;;;;1H2;2*1H/q;;;;;2*+1;;;/p-2/t37-;20-;;;;;;;;/m00......../s1/i;;;;;;;;1+1;. The Balaban J connectivity index is 0.00000149.